The van der Waals surface area contributed by atoms with E-state index in [1.807, 2.05) is 36.5 Å². The van der Waals surface area contributed by atoms with Gasteiger partial charge in [0.2, 0.25) is 0 Å². The third-order valence-corrected chi connectivity index (χ3v) is 2.16. The van der Waals surface area contributed by atoms with Crippen LogP contribution in [-0.4, -0.2) is 9.78 Å². The van der Waals surface area contributed by atoms with Crippen molar-refractivity contribution in [3.05, 3.63) is 48.3 Å². The molecule has 0 bridgehead atoms. The molecule has 0 radical (unpaired) electrons. The highest BCUT2D eigenvalue weighted by molar-refractivity contribution is 5.32. The molecule has 0 fully saturated rings. The first-order chi connectivity index (χ1) is 7.31. The van der Waals surface area contributed by atoms with Crippen LogP contribution in [0, 0.1) is 12.3 Å². The topological polar surface area (TPSA) is 43.8 Å². The van der Waals surface area contributed by atoms with Crippen LogP contribution >= 0.6 is 0 Å². The Balaban J connectivity index is 2.33. The first kappa shape index (κ1) is 9.50. The van der Waals surface area contributed by atoms with E-state index in [0.717, 1.165) is 11.3 Å². The van der Waals surface area contributed by atoms with Crippen LogP contribution in [0.15, 0.2) is 42.7 Å². The molecule has 15 heavy (non-hydrogen) atoms. The van der Waals surface area contributed by atoms with Gasteiger partial charge in [-0.3, -0.25) is 0 Å². The Bertz CT molecular complexity index is 479. The average Bonchev–Trinajstić information content (AvgIpc) is 2.78. The smallest absolute Gasteiger partial charge is 0.0948 e. The molecule has 0 spiro atoms. The van der Waals surface area contributed by atoms with Gasteiger partial charge in [-0.15, -0.1) is 6.42 Å². The van der Waals surface area contributed by atoms with Crippen LogP contribution in [0.3, 0.4) is 0 Å². The van der Waals surface area contributed by atoms with Crippen molar-refractivity contribution in [3.8, 4) is 18.0 Å². The van der Waals surface area contributed by atoms with Gasteiger partial charge in [0.25, 0.3) is 0 Å². The predicted octanol–water partition coefficient (Wildman–Crippen LogP) is 1.51. The van der Waals surface area contributed by atoms with Crippen LogP contribution in [-0.2, 0) is 0 Å². The fourth-order valence-corrected chi connectivity index (χ4v) is 1.32. The van der Waals surface area contributed by atoms with Crippen LogP contribution < -0.4 is 5.73 Å². The zero-order chi connectivity index (χ0) is 10.7. The molecule has 0 aliphatic rings. The fraction of sp³-hybridized carbons (Fsp3) is 0.0833. The molecule has 74 valence electrons. The summed E-state index contributed by atoms with van der Waals surface area (Å²) in [5.74, 6) is 2.47. The second-order valence-corrected chi connectivity index (χ2v) is 3.20. The highest BCUT2D eigenvalue weighted by Crippen LogP contribution is 2.11. The molecule has 2 rings (SSSR count). The molecule has 0 aliphatic carbocycles. The molecular formula is C12H11N3. The number of terminal acetylenes is 1. The van der Waals surface area contributed by atoms with Gasteiger partial charge in [-0.1, -0.05) is 24.1 Å². The predicted molar refractivity (Wildman–Crippen MR) is 59.3 cm³/mol. The van der Waals surface area contributed by atoms with Gasteiger partial charge in [0.1, 0.15) is 0 Å². The molecular weight excluding hydrogens is 186 g/mol. The van der Waals surface area contributed by atoms with E-state index >= 15 is 0 Å². The molecule has 3 heteroatoms. The van der Waals surface area contributed by atoms with Gasteiger partial charge in [0, 0.05) is 11.8 Å². The Morgan fingerprint density at radius 2 is 2.07 bits per heavy atom. The average molecular weight is 197 g/mol. The van der Waals surface area contributed by atoms with Crippen molar-refractivity contribution < 1.29 is 0 Å². The zero-order valence-corrected chi connectivity index (χ0v) is 8.17. The number of benzene rings is 1. The Hall–Kier alpha value is -2.05. The molecule has 3 nitrogen and oxygen atoms in total. The SMILES string of the molecule is C#CC(N)c1cnn(-c2ccccc2)c1. The first-order valence-corrected chi connectivity index (χ1v) is 4.63. The van der Waals surface area contributed by atoms with Crippen LogP contribution in [0.2, 0.25) is 0 Å². The van der Waals surface area contributed by atoms with Crippen molar-refractivity contribution in [1.82, 2.24) is 9.78 Å². The van der Waals surface area contributed by atoms with E-state index in [2.05, 4.69) is 11.0 Å². The number of rotatable bonds is 2. The van der Waals surface area contributed by atoms with Crippen molar-refractivity contribution in [3.63, 3.8) is 0 Å². The van der Waals surface area contributed by atoms with E-state index in [1.165, 1.54) is 0 Å². The monoisotopic (exact) mass is 197 g/mol. The molecule has 0 saturated carbocycles. The van der Waals surface area contributed by atoms with Crippen LogP contribution in [0.1, 0.15) is 11.6 Å². The van der Waals surface area contributed by atoms with Gasteiger partial charge >= 0.3 is 0 Å². The Labute approximate surface area is 88.5 Å². The molecule has 2 N–H and O–H groups in total. The maximum Gasteiger partial charge on any atom is 0.0948 e. The quantitative estimate of drug-likeness (QED) is 0.741. The summed E-state index contributed by atoms with van der Waals surface area (Å²) < 4.78 is 1.76. The lowest BCUT2D eigenvalue weighted by atomic mass is 10.2. The number of aromatic nitrogens is 2. The van der Waals surface area contributed by atoms with Crippen LogP contribution in [0.5, 0.6) is 0 Å². The largest absolute Gasteiger partial charge is 0.314 e. The minimum atomic E-state index is -0.387. The fourth-order valence-electron chi connectivity index (χ4n) is 1.32. The second kappa shape index (κ2) is 3.99. The molecule has 0 aliphatic heterocycles. The van der Waals surface area contributed by atoms with Crippen molar-refractivity contribution in [1.29, 1.82) is 0 Å². The summed E-state index contributed by atoms with van der Waals surface area (Å²) in [6.07, 6.45) is 8.78. The lowest BCUT2D eigenvalue weighted by molar-refractivity contribution is 0.877. The van der Waals surface area contributed by atoms with E-state index in [1.54, 1.807) is 10.9 Å². The van der Waals surface area contributed by atoms with E-state index < -0.39 is 0 Å². The first-order valence-electron chi connectivity index (χ1n) is 4.63. The Morgan fingerprint density at radius 3 is 2.73 bits per heavy atom. The summed E-state index contributed by atoms with van der Waals surface area (Å²) in [5.41, 5.74) is 7.54. The molecule has 1 aromatic carbocycles. The highest BCUT2D eigenvalue weighted by atomic mass is 15.3. The lowest BCUT2D eigenvalue weighted by Gasteiger charge is -2.00. The third-order valence-electron chi connectivity index (χ3n) is 2.16. The Morgan fingerprint density at radius 1 is 1.33 bits per heavy atom. The van der Waals surface area contributed by atoms with Crippen molar-refractivity contribution in [2.24, 2.45) is 5.73 Å². The summed E-state index contributed by atoms with van der Waals surface area (Å²) in [7, 11) is 0. The number of nitrogens with zero attached hydrogens (tertiary/aromatic N) is 2. The normalized spacial score (nSPS) is 12.0. The minimum absolute atomic E-state index is 0.387. The maximum atomic E-state index is 5.70. The Kier molecular flexibility index (Phi) is 2.53. The summed E-state index contributed by atoms with van der Waals surface area (Å²) in [6.45, 7) is 0. The second-order valence-electron chi connectivity index (χ2n) is 3.20. The van der Waals surface area contributed by atoms with Gasteiger partial charge in [-0.05, 0) is 12.1 Å². The van der Waals surface area contributed by atoms with E-state index in [9.17, 15) is 0 Å². The molecule has 0 saturated heterocycles. The van der Waals surface area contributed by atoms with Gasteiger partial charge in [-0.2, -0.15) is 5.10 Å². The highest BCUT2D eigenvalue weighted by Gasteiger charge is 2.05. The molecule has 1 unspecified atom stereocenters. The molecule has 1 atom stereocenters. The maximum absolute atomic E-state index is 5.70. The van der Waals surface area contributed by atoms with Gasteiger partial charge < -0.3 is 5.73 Å². The van der Waals surface area contributed by atoms with Crippen molar-refractivity contribution in [2.45, 2.75) is 6.04 Å². The van der Waals surface area contributed by atoms with Gasteiger partial charge in [-0.25, -0.2) is 4.68 Å². The molecule has 1 heterocycles. The molecule has 2 aromatic rings. The van der Waals surface area contributed by atoms with E-state index in [4.69, 9.17) is 12.2 Å². The molecule has 0 amide bonds. The number of hydrogen-bond acceptors (Lipinski definition) is 2. The third kappa shape index (κ3) is 1.90. The number of nitrogens with two attached hydrogens (primary N) is 1. The zero-order valence-electron chi connectivity index (χ0n) is 8.17. The van der Waals surface area contributed by atoms with Crippen LogP contribution in [0.4, 0.5) is 0 Å². The molecule has 1 aromatic heterocycles. The number of para-hydroxylation sites is 1. The van der Waals surface area contributed by atoms with Crippen molar-refractivity contribution in [2.75, 3.05) is 0 Å². The summed E-state index contributed by atoms with van der Waals surface area (Å²) in [6, 6.07) is 9.43. The van der Waals surface area contributed by atoms with E-state index in [0.29, 0.717) is 0 Å². The number of hydrogen-bond donors (Lipinski definition) is 1. The summed E-state index contributed by atoms with van der Waals surface area (Å²) >= 11 is 0. The standard InChI is InChI=1S/C12H11N3/c1-2-12(13)10-8-14-15(9-10)11-6-4-3-5-7-11/h1,3-9,12H,13H2. The van der Waals surface area contributed by atoms with E-state index in [-0.39, 0.29) is 6.04 Å². The van der Waals surface area contributed by atoms with Gasteiger partial charge in [0.05, 0.1) is 17.9 Å². The summed E-state index contributed by atoms with van der Waals surface area (Å²) in [5, 5.41) is 4.20. The summed E-state index contributed by atoms with van der Waals surface area (Å²) in [4.78, 5) is 0. The van der Waals surface area contributed by atoms with Crippen LogP contribution in [0.25, 0.3) is 5.69 Å². The van der Waals surface area contributed by atoms with Gasteiger partial charge in [0.15, 0.2) is 0 Å². The lowest BCUT2D eigenvalue weighted by Crippen LogP contribution is -2.05. The van der Waals surface area contributed by atoms with Crippen molar-refractivity contribution >= 4 is 0 Å². The minimum Gasteiger partial charge on any atom is -0.314 e.